The quantitative estimate of drug-likeness (QED) is 0.797. The predicted molar refractivity (Wildman–Crippen MR) is 107 cm³/mol. The smallest absolute Gasteiger partial charge is 0.231 e. The van der Waals surface area contributed by atoms with Crippen LogP contribution in [-0.4, -0.2) is 17.2 Å². The van der Waals surface area contributed by atoms with E-state index in [9.17, 15) is 9.18 Å². The van der Waals surface area contributed by atoms with Crippen LogP contribution in [0.3, 0.4) is 0 Å². The third-order valence-electron chi connectivity index (χ3n) is 6.06. The highest BCUT2D eigenvalue weighted by molar-refractivity contribution is 5.84. The second-order valence-electron chi connectivity index (χ2n) is 7.94. The first-order valence-corrected chi connectivity index (χ1v) is 10.3. The third kappa shape index (κ3) is 3.71. The lowest BCUT2D eigenvalue weighted by Crippen LogP contribution is -2.23. The van der Waals surface area contributed by atoms with E-state index in [1.165, 1.54) is 25.3 Å². The van der Waals surface area contributed by atoms with E-state index in [0.29, 0.717) is 11.1 Å². The van der Waals surface area contributed by atoms with Crippen LogP contribution in [0.5, 0.6) is 5.75 Å². The lowest BCUT2D eigenvalue weighted by molar-refractivity contribution is 0.359. The highest BCUT2D eigenvalue weighted by Gasteiger charge is 2.22. The van der Waals surface area contributed by atoms with E-state index in [1.54, 1.807) is 12.3 Å². The summed E-state index contributed by atoms with van der Waals surface area (Å²) >= 11 is 0. The molecule has 2 aromatic rings. The van der Waals surface area contributed by atoms with E-state index in [1.807, 2.05) is 6.07 Å². The maximum atomic E-state index is 14.8. The number of pyridine rings is 1. The molecular weight excluding hydrogens is 357 g/mol. The van der Waals surface area contributed by atoms with Crippen LogP contribution >= 0.6 is 0 Å². The Hall–Kier alpha value is -2.55. The molecule has 0 spiro atoms. The average Bonchev–Trinajstić information content (AvgIpc) is 3.24. The molecule has 2 fully saturated rings. The van der Waals surface area contributed by atoms with E-state index in [-0.39, 0.29) is 29.9 Å². The third-order valence-corrected chi connectivity index (χ3v) is 6.06. The molecule has 0 bridgehead atoms. The summed E-state index contributed by atoms with van der Waals surface area (Å²) in [6.45, 7) is -0.199. The highest BCUT2D eigenvalue weighted by Crippen LogP contribution is 2.34. The van der Waals surface area contributed by atoms with Crippen molar-refractivity contribution in [2.24, 2.45) is 0 Å². The number of benzene rings is 1. The maximum Gasteiger partial charge on any atom is 0.231 e. The van der Waals surface area contributed by atoms with Gasteiger partial charge >= 0.3 is 0 Å². The summed E-state index contributed by atoms with van der Waals surface area (Å²) in [6, 6.07) is 5.55. The van der Waals surface area contributed by atoms with Crippen molar-refractivity contribution in [3.63, 3.8) is 0 Å². The number of ether oxygens (including phenoxy) is 1. The summed E-state index contributed by atoms with van der Waals surface area (Å²) in [5, 5.41) is 12.5. The van der Waals surface area contributed by atoms with Crippen LogP contribution in [0.25, 0.3) is 10.9 Å². The maximum absolute atomic E-state index is 14.8. The van der Waals surface area contributed by atoms with Crippen LogP contribution in [0.4, 0.5) is 10.1 Å². The number of nitrogens with one attached hydrogen (secondary N) is 1. The lowest BCUT2D eigenvalue weighted by atomic mass is 9.95. The molecule has 2 aliphatic rings. The first kappa shape index (κ1) is 18.8. The van der Waals surface area contributed by atoms with Crippen molar-refractivity contribution >= 4 is 16.6 Å². The predicted octanol–water partition coefficient (Wildman–Crippen LogP) is 4.90. The van der Waals surface area contributed by atoms with E-state index in [4.69, 9.17) is 10.00 Å². The second kappa shape index (κ2) is 8.22. The van der Waals surface area contributed by atoms with Crippen molar-refractivity contribution in [3.8, 4) is 11.8 Å². The van der Waals surface area contributed by atoms with Gasteiger partial charge in [-0.25, -0.2) is 4.39 Å². The topological polar surface area (TPSA) is 67.0 Å². The molecular formula is C22H26FN3O2. The minimum Gasteiger partial charge on any atom is -0.473 e. The Bertz CT molecular complexity index is 951. The molecule has 1 aromatic carbocycles. The second-order valence-corrected chi connectivity index (χ2v) is 7.94. The molecule has 2 saturated carbocycles. The van der Waals surface area contributed by atoms with Gasteiger partial charge in [-0.15, -0.1) is 0 Å². The van der Waals surface area contributed by atoms with Gasteiger partial charge in [0.1, 0.15) is 11.9 Å². The molecule has 4 rings (SSSR count). The van der Waals surface area contributed by atoms with Crippen molar-refractivity contribution in [1.29, 1.82) is 5.26 Å². The Labute approximate surface area is 164 Å². The van der Waals surface area contributed by atoms with Crippen LogP contribution in [-0.2, 0) is 0 Å². The minimum absolute atomic E-state index is 0.119. The summed E-state index contributed by atoms with van der Waals surface area (Å²) in [6.07, 6.45) is 11.7. The number of fused-ring (bicyclic) bond motifs is 1. The number of anilines is 1. The fraction of sp³-hybridized carbons (Fsp3) is 0.545. The Morgan fingerprint density at radius 2 is 1.86 bits per heavy atom. The molecule has 1 aromatic heterocycles. The molecule has 6 heteroatoms. The van der Waals surface area contributed by atoms with Gasteiger partial charge in [-0.3, -0.25) is 4.79 Å². The monoisotopic (exact) mass is 383 g/mol. The van der Waals surface area contributed by atoms with Gasteiger partial charge in [0.15, 0.2) is 12.4 Å². The van der Waals surface area contributed by atoms with Crippen molar-refractivity contribution in [1.82, 2.24) is 4.57 Å². The zero-order chi connectivity index (χ0) is 19.5. The number of hydrogen-bond donors (Lipinski definition) is 1. The van der Waals surface area contributed by atoms with Gasteiger partial charge in [-0.05, 0) is 37.8 Å². The number of aromatic nitrogens is 1. The average molecular weight is 383 g/mol. The molecule has 0 unspecified atom stereocenters. The van der Waals surface area contributed by atoms with Gasteiger partial charge in [0, 0.05) is 12.1 Å². The Kier molecular flexibility index (Phi) is 5.52. The van der Waals surface area contributed by atoms with Crippen LogP contribution in [0.1, 0.15) is 63.8 Å². The van der Waals surface area contributed by atoms with Crippen LogP contribution in [0, 0.1) is 17.1 Å². The molecule has 1 heterocycles. The lowest BCUT2D eigenvalue weighted by Gasteiger charge is -2.25. The summed E-state index contributed by atoms with van der Waals surface area (Å²) in [7, 11) is 0. The molecule has 0 saturated heterocycles. The highest BCUT2D eigenvalue weighted by atomic mass is 19.1. The summed E-state index contributed by atoms with van der Waals surface area (Å²) in [4.78, 5) is 12.8. The summed E-state index contributed by atoms with van der Waals surface area (Å²) in [5.74, 6) is -0.293. The van der Waals surface area contributed by atoms with Crippen LogP contribution in [0.15, 0.2) is 23.1 Å². The van der Waals surface area contributed by atoms with Gasteiger partial charge in [0.25, 0.3) is 0 Å². The molecule has 0 aliphatic heterocycles. The molecule has 0 amide bonds. The van der Waals surface area contributed by atoms with Crippen LogP contribution in [0.2, 0.25) is 0 Å². The van der Waals surface area contributed by atoms with Gasteiger partial charge in [0.2, 0.25) is 5.43 Å². The van der Waals surface area contributed by atoms with Gasteiger partial charge in [-0.2, -0.15) is 5.26 Å². The molecule has 2 aliphatic carbocycles. The number of hydrogen-bond acceptors (Lipinski definition) is 4. The largest absolute Gasteiger partial charge is 0.473 e. The van der Waals surface area contributed by atoms with Crippen molar-refractivity contribution in [3.05, 3.63) is 34.4 Å². The number of nitrogens with zero attached hydrogens (tertiary/aromatic N) is 2. The minimum atomic E-state index is -0.412. The molecule has 1 N–H and O–H groups in total. The zero-order valence-electron chi connectivity index (χ0n) is 16.0. The Morgan fingerprint density at radius 3 is 2.57 bits per heavy atom. The first-order chi connectivity index (χ1) is 13.7. The van der Waals surface area contributed by atoms with Gasteiger partial charge < -0.3 is 14.6 Å². The van der Waals surface area contributed by atoms with E-state index in [2.05, 4.69) is 9.88 Å². The fourth-order valence-corrected chi connectivity index (χ4v) is 4.62. The van der Waals surface area contributed by atoms with Gasteiger partial charge in [-0.1, -0.05) is 32.1 Å². The Balaban J connectivity index is 1.80. The molecule has 5 nitrogen and oxygen atoms in total. The van der Waals surface area contributed by atoms with Crippen molar-refractivity contribution in [2.45, 2.75) is 69.9 Å². The molecule has 0 radical (unpaired) electrons. The van der Waals surface area contributed by atoms with Gasteiger partial charge in [0.05, 0.1) is 22.8 Å². The molecule has 0 atom stereocenters. The summed E-state index contributed by atoms with van der Waals surface area (Å²) < 4.78 is 22.3. The first-order valence-electron chi connectivity index (χ1n) is 10.3. The van der Waals surface area contributed by atoms with E-state index >= 15 is 0 Å². The van der Waals surface area contributed by atoms with Crippen molar-refractivity contribution in [2.75, 3.05) is 11.9 Å². The zero-order valence-corrected chi connectivity index (χ0v) is 16.0. The molecule has 28 heavy (non-hydrogen) atoms. The standard InChI is InChI=1S/C22H26FN3O2/c23-18-12-17-20(13-19(18)25-15-6-2-1-3-7-15)26(16-8-4-5-9-16)14-21(22(17)27)28-11-10-24/h12-16,25H,1-9,11H2. The number of nitriles is 1. The van der Waals surface area contributed by atoms with Crippen molar-refractivity contribution < 1.29 is 9.13 Å². The van der Waals surface area contributed by atoms with E-state index in [0.717, 1.165) is 44.0 Å². The normalized spacial score (nSPS) is 18.3. The number of rotatable bonds is 5. The van der Waals surface area contributed by atoms with E-state index < -0.39 is 5.82 Å². The summed E-state index contributed by atoms with van der Waals surface area (Å²) in [5.41, 5.74) is 0.847. The number of halogens is 1. The Morgan fingerprint density at radius 1 is 1.14 bits per heavy atom. The van der Waals surface area contributed by atoms with Crippen LogP contribution < -0.4 is 15.5 Å². The fourth-order valence-electron chi connectivity index (χ4n) is 4.62. The molecule has 148 valence electrons. The SMILES string of the molecule is N#CCOc1cn(C2CCCC2)c2cc(NC3CCCCC3)c(F)cc2c1=O.